The third-order valence-corrected chi connectivity index (χ3v) is 3.83. The number of benzene rings is 1. The van der Waals surface area contributed by atoms with Gasteiger partial charge in [0.05, 0.1) is 22.9 Å². The van der Waals surface area contributed by atoms with Crippen LogP contribution in [-0.4, -0.2) is 24.3 Å². The van der Waals surface area contributed by atoms with Crippen molar-refractivity contribution in [3.8, 4) is 6.07 Å². The number of ketones is 2. The maximum atomic E-state index is 12.3. The van der Waals surface area contributed by atoms with E-state index in [-0.39, 0.29) is 17.1 Å². The van der Waals surface area contributed by atoms with Gasteiger partial charge in [-0.2, -0.15) is 5.26 Å². The zero-order valence-electron chi connectivity index (χ0n) is 12.4. The predicted octanol–water partition coefficient (Wildman–Crippen LogP) is 3.39. The second-order valence-corrected chi connectivity index (χ2v) is 5.70. The van der Waals surface area contributed by atoms with Crippen molar-refractivity contribution in [1.82, 2.24) is 0 Å². The molecule has 2 rings (SSSR count). The van der Waals surface area contributed by atoms with Gasteiger partial charge in [-0.15, -0.1) is 0 Å². The van der Waals surface area contributed by atoms with Crippen molar-refractivity contribution in [1.29, 1.82) is 5.26 Å². The first kappa shape index (κ1) is 16.8. The molecule has 0 atom stereocenters. The molecule has 1 aromatic rings. The molecule has 0 heterocycles. The molecule has 0 amide bonds. The van der Waals surface area contributed by atoms with Crippen molar-refractivity contribution >= 4 is 39.3 Å². The molecule has 1 aromatic carbocycles. The van der Waals surface area contributed by atoms with E-state index < -0.39 is 0 Å². The Hall–Kier alpha value is -2.58. The summed E-state index contributed by atoms with van der Waals surface area (Å²) < 4.78 is 0.680. The summed E-state index contributed by atoms with van der Waals surface area (Å²) in [5, 5.41) is 8.76. The van der Waals surface area contributed by atoms with Crippen LogP contribution in [0, 0.1) is 11.3 Å². The summed E-state index contributed by atoms with van der Waals surface area (Å²) in [6.07, 6.45) is 6.67. The number of nitriles is 1. The molecule has 23 heavy (non-hydrogen) atoms. The van der Waals surface area contributed by atoms with Gasteiger partial charge >= 0.3 is 0 Å². The third kappa shape index (κ3) is 4.21. The van der Waals surface area contributed by atoms with Gasteiger partial charge in [0, 0.05) is 18.0 Å². The highest BCUT2D eigenvalue weighted by molar-refractivity contribution is 9.11. The minimum atomic E-state index is -0.382. The van der Waals surface area contributed by atoms with E-state index in [9.17, 15) is 9.59 Å². The Balaban J connectivity index is 2.24. The Morgan fingerprint density at radius 3 is 2.65 bits per heavy atom. The highest BCUT2D eigenvalue weighted by atomic mass is 79.9. The average Bonchev–Trinajstić information content (AvgIpc) is 2.72. The Morgan fingerprint density at radius 1 is 1.35 bits per heavy atom. The normalized spacial score (nSPS) is 16.7. The Labute approximate surface area is 142 Å². The van der Waals surface area contributed by atoms with Crippen LogP contribution >= 0.6 is 15.9 Å². The van der Waals surface area contributed by atoms with Crippen LogP contribution in [0.15, 0.2) is 57.5 Å². The largest absolute Gasteiger partial charge is 0.289 e. The van der Waals surface area contributed by atoms with Gasteiger partial charge in [-0.25, -0.2) is 0 Å². The summed E-state index contributed by atoms with van der Waals surface area (Å²) in [6.45, 7) is 0. The fraction of sp³-hybridized carbons (Fsp3) is 0.111. The van der Waals surface area contributed by atoms with E-state index in [0.29, 0.717) is 22.2 Å². The Morgan fingerprint density at radius 2 is 2.04 bits per heavy atom. The van der Waals surface area contributed by atoms with Crippen LogP contribution in [0.25, 0.3) is 6.08 Å². The molecule has 0 spiro atoms. The van der Waals surface area contributed by atoms with Crippen molar-refractivity contribution < 1.29 is 9.59 Å². The number of aliphatic imine (C=N–C) groups is 1. The Bertz CT molecular complexity index is 806. The van der Waals surface area contributed by atoms with Crippen molar-refractivity contribution in [2.45, 2.75) is 6.42 Å². The van der Waals surface area contributed by atoms with Gasteiger partial charge in [0.2, 0.25) is 5.78 Å². The van der Waals surface area contributed by atoms with E-state index in [1.165, 1.54) is 19.2 Å². The molecular formula is C18H13BrN2O2. The zero-order chi connectivity index (χ0) is 16.8. The van der Waals surface area contributed by atoms with Crippen LogP contribution in [0.5, 0.6) is 0 Å². The van der Waals surface area contributed by atoms with Gasteiger partial charge in [0.15, 0.2) is 5.78 Å². The van der Waals surface area contributed by atoms with Gasteiger partial charge in [-0.3, -0.25) is 14.6 Å². The molecule has 114 valence electrons. The number of Topliss-reactive ketones (excluding diaryl/α,β-unsaturated/α-hetero) is 1. The summed E-state index contributed by atoms with van der Waals surface area (Å²) in [5.41, 5.74) is 1.76. The first-order chi connectivity index (χ1) is 11.0. The summed E-state index contributed by atoms with van der Waals surface area (Å²) >= 11 is 3.31. The van der Waals surface area contributed by atoms with Crippen molar-refractivity contribution in [3.63, 3.8) is 0 Å². The van der Waals surface area contributed by atoms with E-state index in [1.807, 2.05) is 6.07 Å². The van der Waals surface area contributed by atoms with E-state index in [1.54, 1.807) is 36.4 Å². The van der Waals surface area contributed by atoms with Crippen molar-refractivity contribution in [3.05, 3.63) is 63.7 Å². The molecule has 0 aromatic heterocycles. The molecular weight excluding hydrogens is 356 g/mol. The lowest BCUT2D eigenvalue weighted by Gasteiger charge is -2.02. The summed E-state index contributed by atoms with van der Waals surface area (Å²) in [6, 6.07) is 8.84. The molecule has 0 fully saturated rings. The smallest absolute Gasteiger partial charge is 0.211 e. The van der Waals surface area contributed by atoms with Crippen molar-refractivity contribution in [2.75, 3.05) is 7.05 Å². The number of rotatable bonds is 3. The van der Waals surface area contributed by atoms with Crippen LogP contribution < -0.4 is 0 Å². The molecule has 0 radical (unpaired) electrons. The lowest BCUT2D eigenvalue weighted by molar-refractivity contribution is -0.116. The number of hydrogen-bond donors (Lipinski definition) is 0. The standard InChI is InChI=1S/C18H13BrN2O2/c1-21-16-8-7-14(19)10-15(18(16)23)17(22)9-6-12-2-4-13(11-20)5-3-12/h2-7,9-10H,8H2,1H3/b9-6+,21-16?. The first-order valence-corrected chi connectivity index (χ1v) is 7.64. The molecule has 1 aliphatic rings. The highest BCUT2D eigenvalue weighted by Gasteiger charge is 2.22. The zero-order valence-corrected chi connectivity index (χ0v) is 14.0. The van der Waals surface area contributed by atoms with Gasteiger partial charge < -0.3 is 0 Å². The van der Waals surface area contributed by atoms with E-state index in [2.05, 4.69) is 20.9 Å². The Kier molecular flexibility index (Phi) is 5.56. The fourth-order valence-electron chi connectivity index (χ4n) is 2.01. The predicted molar refractivity (Wildman–Crippen MR) is 93.3 cm³/mol. The molecule has 0 bridgehead atoms. The molecule has 5 heteroatoms. The maximum Gasteiger partial charge on any atom is 0.211 e. The van der Waals surface area contributed by atoms with E-state index in [4.69, 9.17) is 5.26 Å². The third-order valence-electron chi connectivity index (χ3n) is 3.28. The molecule has 1 aliphatic carbocycles. The number of halogens is 1. The van der Waals surface area contributed by atoms with Crippen LogP contribution in [0.1, 0.15) is 17.5 Å². The number of carbonyl (C=O) groups is 2. The lowest BCUT2D eigenvalue weighted by Crippen LogP contribution is -2.19. The van der Waals surface area contributed by atoms with Gasteiger partial charge in [-0.1, -0.05) is 40.2 Å². The topological polar surface area (TPSA) is 70.3 Å². The van der Waals surface area contributed by atoms with Gasteiger partial charge in [0.1, 0.15) is 0 Å². The lowest BCUT2D eigenvalue weighted by atomic mass is 10.0. The van der Waals surface area contributed by atoms with Crippen LogP contribution in [-0.2, 0) is 9.59 Å². The van der Waals surface area contributed by atoms with Crippen molar-refractivity contribution in [2.24, 2.45) is 4.99 Å². The summed E-state index contributed by atoms with van der Waals surface area (Å²) in [7, 11) is 1.54. The molecule has 0 saturated heterocycles. The van der Waals surface area contributed by atoms with Crippen LogP contribution in [0.3, 0.4) is 0 Å². The quantitative estimate of drug-likeness (QED) is 0.606. The number of nitrogens with zero attached hydrogens (tertiary/aromatic N) is 2. The molecule has 0 unspecified atom stereocenters. The molecule has 0 aliphatic heterocycles. The average molecular weight is 369 g/mol. The second-order valence-electron chi connectivity index (χ2n) is 4.78. The summed E-state index contributed by atoms with van der Waals surface area (Å²) in [5.74, 6) is -0.736. The van der Waals surface area contributed by atoms with Gasteiger partial charge in [0.25, 0.3) is 0 Å². The number of carbonyl (C=O) groups excluding carboxylic acids is 2. The number of allylic oxidation sites excluding steroid dienone is 5. The monoisotopic (exact) mass is 368 g/mol. The van der Waals surface area contributed by atoms with E-state index in [0.717, 1.165) is 5.56 Å². The maximum absolute atomic E-state index is 12.3. The summed E-state index contributed by atoms with van der Waals surface area (Å²) in [4.78, 5) is 28.6. The van der Waals surface area contributed by atoms with Crippen LogP contribution in [0.4, 0.5) is 0 Å². The SMILES string of the molecule is CN=C1CC=C(Br)C=C(C(=O)/C=C/c2ccc(C#N)cc2)C1=O. The minimum Gasteiger partial charge on any atom is -0.289 e. The minimum absolute atomic E-state index is 0.0797. The number of hydrogen-bond acceptors (Lipinski definition) is 4. The highest BCUT2D eigenvalue weighted by Crippen LogP contribution is 2.19. The fourth-order valence-corrected chi connectivity index (χ4v) is 2.40. The second kappa shape index (κ2) is 7.61. The molecule has 0 N–H and O–H groups in total. The first-order valence-electron chi connectivity index (χ1n) is 6.85. The van der Waals surface area contributed by atoms with Crippen LogP contribution in [0.2, 0.25) is 0 Å². The van der Waals surface area contributed by atoms with E-state index >= 15 is 0 Å². The molecule has 4 nitrogen and oxygen atoms in total. The van der Waals surface area contributed by atoms with Gasteiger partial charge in [-0.05, 0) is 29.8 Å². The molecule has 0 saturated carbocycles.